The van der Waals surface area contributed by atoms with Crippen molar-refractivity contribution in [1.82, 2.24) is 0 Å². The Bertz CT molecular complexity index is 2450. The van der Waals surface area contributed by atoms with Crippen LogP contribution in [0.5, 0.6) is 0 Å². The van der Waals surface area contributed by atoms with Crippen molar-refractivity contribution in [3.05, 3.63) is 132 Å². The third-order valence-electron chi connectivity index (χ3n) is 7.99. The molecule has 0 radical (unpaired) electrons. The highest BCUT2D eigenvalue weighted by Gasteiger charge is 2.21. The smallest absolute Gasteiger partial charge is 0.136 e. The van der Waals surface area contributed by atoms with Gasteiger partial charge in [-0.15, -0.1) is 11.3 Å². The van der Waals surface area contributed by atoms with Crippen molar-refractivity contribution in [2.24, 2.45) is 0 Å². The molecule has 0 saturated heterocycles. The first kappa shape index (κ1) is 24.1. The molecule has 0 N–H and O–H groups in total. The minimum absolute atomic E-state index is 0.529. The lowest BCUT2D eigenvalue weighted by molar-refractivity contribution is 0.669. The molecule has 0 amide bonds. The SMILES string of the molecule is N#Cc1ccccc1-c1cc(-c2ccc3sc4ccccc4c3c2)cc(-c2cccc3oc4ccccc4c23)c1C#N. The summed E-state index contributed by atoms with van der Waals surface area (Å²) in [7, 11) is 0. The van der Waals surface area contributed by atoms with E-state index in [-0.39, 0.29) is 0 Å². The summed E-state index contributed by atoms with van der Waals surface area (Å²) in [5.41, 5.74) is 7.88. The Kier molecular flexibility index (Phi) is 5.44. The number of thiophene rings is 1. The molecule has 8 aromatic rings. The summed E-state index contributed by atoms with van der Waals surface area (Å²) in [6.45, 7) is 0. The highest BCUT2D eigenvalue weighted by Crippen LogP contribution is 2.44. The number of nitrogens with zero attached hydrogens (tertiary/aromatic N) is 2. The van der Waals surface area contributed by atoms with Gasteiger partial charge in [-0.25, -0.2) is 0 Å². The van der Waals surface area contributed by atoms with E-state index in [0.717, 1.165) is 55.3 Å². The minimum atomic E-state index is 0.529. The normalized spacial score (nSPS) is 11.3. The number of nitriles is 2. The first-order valence-corrected chi connectivity index (χ1v) is 14.4. The van der Waals surface area contributed by atoms with E-state index in [4.69, 9.17) is 4.42 Å². The van der Waals surface area contributed by atoms with Crippen LogP contribution in [0.1, 0.15) is 11.1 Å². The van der Waals surface area contributed by atoms with Crippen molar-refractivity contribution < 1.29 is 4.42 Å². The maximum Gasteiger partial charge on any atom is 0.136 e. The molecule has 3 nitrogen and oxygen atoms in total. The monoisotopic (exact) mass is 552 g/mol. The number of benzene rings is 6. The molecule has 42 heavy (non-hydrogen) atoms. The van der Waals surface area contributed by atoms with Crippen LogP contribution in [0.15, 0.2) is 126 Å². The van der Waals surface area contributed by atoms with Crippen LogP contribution in [0, 0.1) is 22.7 Å². The van der Waals surface area contributed by atoms with Gasteiger partial charge >= 0.3 is 0 Å². The number of hydrogen-bond donors (Lipinski definition) is 0. The van der Waals surface area contributed by atoms with E-state index in [0.29, 0.717) is 11.1 Å². The van der Waals surface area contributed by atoms with Crippen LogP contribution >= 0.6 is 11.3 Å². The van der Waals surface area contributed by atoms with Gasteiger partial charge in [0.25, 0.3) is 0 Å². The van der Waals surface area contributed by atoms with Crippen LogP contribution < -0.4 is 0 Å². The zero-order chi connectivity index (χ0) is 28.2. The van der Waals surface area contributed by atoms with Crippen molar-refractivity contribution in [1.29, 1.82) is 10.5 Å². The zero-order valence-electron chi connectivity index (χ0n) is 22.3. The number of rotatable bonds is 3. The van der Waals surface area contributed by atoms with Gasteiger partial charge in [0.05, 0.1) is 17.2 Å². The summed E-state index contributed by atoms with van der Waals surface area (Å²) in [6.07, 6.45) is 0. The molecule has 0 saturated carbocycles. The Labute approximate surface area is 245 Å². The second-order valence-electron chi connectivity index (χ2n) is 10.3. The molecule has 2 aromatic heterocycles. The first-order valence-electron chi connectivity index (χ1n) is 13.6. The van der Waals surface area contributed by atoms with E-state index in [1.807, 2.05) is 48.5 Å². The van der Waals surface area contributed by atoms with Crippen LogP contribution in [0.2, 0.25) is 0 Å². The predicted octanol–water partition coefficient (Wildman–Crippen LogP) is 10.7. The van der Waals surface area contributed by atoms with Gasteiger partial charge < -0.3 is 4.42 Å². The van der Waals surface area contributed by atoms with Crippen molar-refractivity contribution >= 4 is 53.4 Å². The average Bonchev–Trinajstić information content (AvgIpc) is 3.62. The Morgan fingerprint density at radius 1 is 0.500 bits per heavy atom. The molecule has 2 heterocycles. The highest BCUT2D eigenvalue weighted by molar-refractivity contribution is 7.25. The lowest BCUT2D eigenvalue weighted by Crippen LogP contribution is -1.95. The molecule has 194 valence electrons. The Morgan fingerprint density at radius 3 is 2.05 bits per heavy atom. The summed E-state index contributed by atoms with van der Waals surface area (Å²) in [6, 6.07) is 45.5. The second kappa shape index (κ2) is 9.46. The van der Waals surface area contributed by atoms with Gasteiger partial charge in [-0.1, -0.05) is 72.8 Å². The lowest BCUT2D eigenvalue weighted by Gasteiger charge is -2.16. The van der Waals surface area contributed by atoms with Gasteiger partial charge in [0.15, 0.2) is 0 Å². The zero-order valence-corrected chi connectivity index (χ0v) is 23.1. The Balaban J connectivity index is 1.48. The van der Waals surface area contributed by atoms with Gasteiger partial charge in [-0.2, -0.15) is 10.5 Å². The molecule has 0 fully saturated rings. The van der Waals surface area contributed by atoms with Crippen molar-refractivity contribution in [2.75, 3.05) is 0 Å². The topological polar surface area (TPSA) is 60.7 Å². The van der Waals surface area contributed by atoms with E-state index < -0.39 is 0 Å². The molecule has 0 unspecified atom stereocenters. The third-order valence-corrected chi connectivity index (χ3v) is 9.14. The van der Waals surface area contributed by atoms with Gasteiger partial charge in [0.2, 0.25) is 0 Å². The van der Waals surface area contributed by atoms with E-state index in [2.05, 4.69) is 78.9 Å². The average molecular weight is 553 g/mol. The quantitative estimate of drug-likeness (QED) is 0.219. The number of furan rings is 1. The number of para-hydroxylation sites is 1. The van der Waals surface area contributed by atoms with Gasteiger partial charge in [-0.05, 0) is 65.2 Å². The first-order chi connectivity index (χ1) is 20.7. The number of fused-ring (bicyclic) bond motifs is 6. The van der Waals surface area contributed by atoms with Crippen molar-refractivity contribution in [3.63, 3.8) is 0 Å². The molecule has 0 aliphatic heterocycles. The van der Waals surface area contributed by atoms with Crippen LogP contribution in [-0.4, -0.2) is 0 Å². The molecule has 0 aliphatic rings. The maximum atomic E-state index is 10.7. The van der Waals surface area contributed by atoms with Gasteiger partial charge in [0, 0.05) is 47.6 Å². The summed E-state index contributed by atoms with van der Waals surface area (Å²) in [5.74, 6) is 0. The Hall–Kier alpha value is -5.68. The van der Waals surface area contributed by atoms with Crippen LogP contribution in [0.25, 0.3) is 75.5 Å². The highest BCUT2D eigenvalue weighted by atomic mass is 32.1. The summed E-state index contributed by atoms with van der Waals surface area (Å²) in [4.78, 5) is 0. The van der Waals surface area contributed by atoms with E-state index in [1.54, 1.807) is 17.4 Å². The molecule has 6 aromatic carbocycles. The predicted molar refractivity (Wildman–Crippen MR) is 172 cm³/mol. The largest absolute Gasteiger partial charge is 0.456 e. The van der Waals surface area contributed by atoms with Crippen LogP contribution in [0.3, 0.4) is 0 Å². The molecule has 0 spiro atoms. The summed E-state index contributed by atoms with van der Waals surface area (Å²) < 4.78 is 8.70. The van der Waals surface area contributed by atoms with E-state index in [9.17, 15) is 10.5 Å². The molecular formula is C38H20N2OS. The fourth-order valence-electron chi connectivity index (χ4n) is 6.07. The minimum Gasteiger partial charge on any atom is -0.456 e. The van der Waals surface area contributed by atoms with Gasteiger partial charge in [-0.3, -0.25) is 0 Å². The second-order valence-corrected chi connectivity index (χ2v) is 11.4. The Morgan fingerprint density at radius 2 is 1.19 bits per heavy atom. The fraction of sp³-hybridized carbons (Fsp3) is 0. The van der Waals surface area contributed by atoms with Crippen molar-refractivity contribution in [3.8, 4) is 45.5 Å². The third kappa shape index (κ3) is 3.64. The summed E-state index contributed by atoms with van der Waals surface area (Å²) in [5, 5.41) is 25.1. The molecule has 0 bridgehead atoms. The molecule has 8 rings (SSSR count). The van der Waals surface area contributed by atoms with E-state index >= 15 is 0 Å². The number of hydrogen-bond acceptors (Lipinski definition) is 4. The fourth-order valence-corrected chi connectivity index (χ4v) is 7.16. The van der Waals surface area contributed by atoms with Crippen LogP contribution in [0.4, 0.5) is 0 Å². The van der Waals surface area contributed by atoms with Crippen LogP contribution in [-0.2, 0) is 0 Å². The molecular weight excluding hydrogens is 532 g/mol. The summed E-state index contributed by atoms with van der Waals surface area (Å²) >= 11 is 1.79. The van der Waals surface area contributed by atoms with Gasteiger partial charge in [0.1, 0.15) is 17.2 Å². The molecule has 4 heteroatoms. The molecule has 0 atom stereocenters. The lowest BCUT2D eigenvalue weighted by atomic mass is 9.86. The standard InChI is InChI=1S/C38H20N2OS/c39-21-24-8-1-2-9-26(24)30-19-25(23-16-17-37-32(18-23)27-10-4-6-15-36(27)42-37)20-31(33(30)22-40)28-12-7-14-35-38(28)29-11-3-5-13-34(29)41-35/h1-20H. The van der Waals surface area contributed by atoms with E-state index in [1.165, 1.54) is 20.2 Å². The molecule has 0 aliphatic carbocycles. The maximum absolute atomic E-state index is 10.7. The van der Waals surface area contributed by atoms with Crippen molar-refractivity contribution in [2.45, 2.75) is 0 Å².